The number of carbonyl (C=O) groups is 1. The van der Waals surface area contributed by atoms with Gasteiger partial charge < -0.3 is 19.1 Å². The molecule has 0 aliphatic carbocycles. The van der Waals surface area contributed by atoms with Gasteiger partial charge in [0.15, 0.2) is 11.5 Å². The molecule has 2 aromatic carbocycles. The summed E-state index contributed by atoms with van der Waals surface area (Å²) in [5.41, 5.74) is 1.50. The van der Waals surface area contributed by atoms with Crippen LogP contribution < -0.4 is 9.47 Å². The average molecular weight is 329 g/mol. The van der Waals surface area contributed by atoms with Gasteiger partial charge in [-0.2, -0.15) is 0 Å². The predicted molar refractivity (Wildman–Crippen MR) is 92.7 cm³/mol. The van der Waals surface area contributed by atoms with Crippen molar-refractivity contribution in [3.8, 4) is 11.5 Å². The van der Waals surface area contributed by atoms with Crippen LogP contribution in [0.4, 0.5) is 0 Å². The Morgan fingerprint density at radius 2 is 1.75 bits per heavy atom. The van der Waals surface area contributed by atoms with Gasteiger partial charge in [0.1, 0.15) is 6.10 Å². The maximum atomic E-state index is 11.7. The number of hydrogen-bond donors (Lipinski definition) is 0. The molecule has 0 bridgehead atoms. The number of methoxy groups -OCH3 is 2. The largest absolute Gasteiger partial charge is 0.493 e. The Labute approximate surface area is 142 Å². The molecule has 5 heteroatoms. The second-order valence-electron chi connectivity index (χ2n) is 5.64. The summed E-state index contributed by atoms with van der Waals surface area (Å²) < 4.78 is 16.3. The number of likely N-dealkylation sites (N-methyl/N-ethyl adjacent to an activating group) is 1. The van der Waals surface area contributed by atoms with Crippen LogP contribution in [0.5, 0.6) is 11.5 Å². The highest BCUT2D eigenvalue weighted by Gasteiger charge is 2.18. The normalized spacial score (nSPS) is 11.9. The summed E-state index contributed by atoms with van der Waals surface area (Å²) in [6.07, 6.45) is -0.154. The molecule has 0 aromatic heterocycles. The van der Waals surface area contributed by atoms with Crippen molar-refractivity contribution < 1.29 is 19.0 Å². The van der Waals surface area contributed by atoms with Crippen LogP contribution in [0.1, 0.15) is 22.0 Å². The van der Waals surface area contributed by atoms with Crippen molar-refractivity contribution in [1.29, 1.82) is 0 Å². The van der Waals surface area contributed by atoms with E-state index < -0.39 is 5.97 Å². The maximum absolute atomic E-state index is 11.7. The van der Waals surface area contributed by atoms with Gasteiger partial charge in [-0.1, -0.05) is 30.3 Å². The second-order valence-corrected chi connectivity index (χ2v) is 5.64. The molecule has 5 nitrogen and oxygen atoms in total. The summed E-state index contributed by atoms with van der Waals surface area (Å²) in [7, 11) is 6.89. The molecule has 0 radical (unpaired) electrons. The SMILES string of the molecule is COC(=O)c1ccc(O[C@@H](CN(C)C)c2ccccc2)c(OC)c1. The Hall–Kier alpha value is -2.53. The highest BCUT2D eigenvalue weighted by atomic mass is 16.5. The van der Waals surface area contributed by atoms with Crippen LogP contribution in [0.15, 0.2) is 48.5 Å². The van der Waals surface area contributed by atoms with Gasteiger partial charge in [0.2, 0.25) is 0 Å². The second kappa shape index (κ2) is 8.36. The van der Waals surface area contributed by atoms with Crippen LogP contribution in [-0.4, -0.2) is 45.7 Å². The molecule has 0 N–H and O–H groups in total. The first-order chi connectivity index (χ1) is 11.5. The van der Waals surface area contributed by atoms with E-state index in [0.717, 1.165) is 5.56 Å². The molecular formula is C19H23NO4. The van der Waals surface area contributed by atoms with Crippen LogP contribution in [0, 0.1) is 0 Å². The number of esters is 1. The van der Waals surface area contributed by atoms with Crippen molar-refractivity contribution in [3.63, 3.8) is 0 Å². The fourth-order valence-corrected chi connectivity index (χ4v) is 2.37. The fourth-order valence-electron chi connectivity index (χ4n) is 2.37. The quantitative estimate of drug-likeness (QED) is 0.730. The van der Waals surface area contributed by atoms with Gasteiger partial charge in [-0.3, -0.25) is 0 Å². The first-order valence-electron chi connectivity index (χ1n) is 7.67. The van der Waals surface area contributed by atoms with Crippen LogP contribution >= 0.6 is 0 Å². The van der Waals surface area contributed by atoms with Gasteiger partial charge >= 0.3 is 5.97 Å². The van der Waals surface area contributed by atoms with Crippen LogP contribution in [0.2, 0.25) is 0 Å². The van der Waals surface area contributed by atoms with E-state index in [1.807, 2.05) is 44.4 Å². The number of rotatable bonds is 7. The van der Waals surface area contributed by atoms with E-state index >= 15 is 0 Å². The lowest BCUT2D eigenvalue weighted by Crippen LogP contribution is -2.24. The Kier molecular flexibility index (Phi) is 6.21. The minimum atomic E-state index is -0.409. The summed E-state index contributed by atoms with van der Waals surface area (Å²) in [6.45, 7) is 0.714. The lowest BCUT2D eigenvalue weighted by atomic mass is 10.1. The molecule has 0 heterocycles. The van der Waals surface area contributed by atoms with Gasteiger partial charge in [0.25, 0.3) is 0 Å². The predicted octanol–water partition coefficient (Wildman–Crippen LogP) is 3.16. The highest BCUT2D eigenvalue weighted by molar-refractivity contribution is 5.90. The van der Waals surface area contributed by atoms with E-state index in [0.29, 0.717) is 23.6 Å². The summed E-state index contributed by atoms with van der Waals surface area (Å²) in [6, 6.07) is 15.0. The summed E-state index contributed by atoms with van der Waals surface area (Å²) in [5.74, 6) is 0.672. The molecule has 2 aromatic rings. The molecule has 1 atom stereocenters. The molecular weight excluding hydrogens is 306 g/mol. The van der Waals surface area contributed by atoms with Gasteiger partial charge in [-0.25, -0.2) is 4.79 Å². The fraction of sp³-hybridized carbons (Fsp3) is 0.316. The Morgan fingerprint density at radius 3 is 2.33 bits per heavy atom. The van der Waals surface area contributed by atoms with Crippen molar-refractivity contribution in [1.82, 2.24) is 4.90 Å². The zero-order valence-electron chi connectivity index (χ0n) is 14.5. The standard InChI is InChI=1S/C19H23NO4/c1-20(2)13-18(14-8-6-5-7-9-14)24-16-11-10-15(19(21)23-4)12-17(16)22-3/h5-12,18H,13H2,1-4H3/t18-/m0/s1. The molecule has 0 saturated heterocycles. The van der Waals surface area contributed by atoms with Crippen molar-refractivity contribution >= 4 is 5.97 Å². The van der Waals surface area contributed by atoms with Crippen LogP contribution in [0.3, 0.4) is 0 Å². The van der Waals surface area contributed by atoms with Gasteiger partial charge in [-0.05, 0) is 37.9 Å². The molecule has 0 amide bonds. The van der Waals surface area contributed by atoms with Crippen LogP contribution in [0.25, 0.3) is 0 Å². The number of carbonyl (C=O) groups excluding carboxylic acids is 1. The molecule has 2 rings (SSSR count). The Morgan fingerprint density at radius 1 is 1.04 bits per heavy atom. The molecule has 0 aliphatic heterocycles. The number of ether oxygens (including phenoxy) is 3. The first-order valence-corrected chi connectivity index (χ1v) is 7.67. The molecule has 0 aliphatic rings. The van der Waals surface area contributed by atoms with E-state index in [1.165, 1.54) is 7.11 Å². The summed E-state index contributed by atoms with van der Waals surface area (Å²) >= 11 is 0. The van der Waals surface area contributed by atoms with E-state index in [2.05, 4.69) is 4.90 Å². The van der Waals surface area contributed by atoms with Crippen molar-refractivity contribution in [3.05, 3.63) is 59.7 Å². The molecule has 0 saturated carbocycles. The van der Waals surface area contributed by atoms with Gasteiger partial charge in [0.05, 0.1) is 19.8 Å². The van der Waals surface area contributed by atoms with E-state index in [4.69, 9.17) is 14.2 Å². The van der Waals surface area contributed by atoms with E-state index in [-0.39, 0.29) is 6.10 Å². The molecule has 0 fully saturated rings. The first kappa shape index (κ1) is 17.8. The Balaban J connectivity index is 2.30. The van der Waals surface area contributed by atoms with Crippen molar-refractivity contribution in [2.45, 2.75) is 6.10 Å². The number of benzene rings is 2. The Bertz CT molecular complexity index is 670. The third-order valence-electron chi connectivity index (χ3n) is 3.56. The summed E-state index contributed by atoms with van der Waals surface area (Å²) in [5, 5.41) is 0. The third-order valence-corrected chi connectivity index (χ3v) is 3.56. The lowest BCUT2D eigenvalue weighted by Gasteiger charge is -2.24. The highest BCUT2D eigenvalue weighted by Crippen LogP contribution is 2.32. The molecule has 24 heavy (non-hydrogen) atoms. The van der Waals surface area contributed by atoms with E-state index in [1.54, 1.807) is 25.3 Å². The van der Waals surface area contributed by atoms with Crippen LogP contribution in [-0.2, 0) is 4.74 Å². The topological polar surface area (TPSA) is 48.0 Å². The zero-order chi connectivity index (χ0) is 17.5. The number of nitrogens with zero attached hydrogens (tertiary/aromatic N) is 1. The molecule has 0 spiro atoms. The average Bonchev–Trinajstić information content (AvgIpc) is 2.61. The zero-order valence-corrected chi connectivity index (χ0v) is 14.5. The van der Waals surface area contributed by atoms with Crippen molar-refractivity contribution in [2.24, 2.45) is 0 Å². The van der Waals surface area contributed by atoms with Crippen molar-refractivity contribution in [2.75, 3.05) is 34.9 Å². The van der Waals surface area contributed by atoms with Gasteiger partial charge in [-0.15, -0.1) is 0 Å². The minimum Gasteiger partial charge on any atom is -0.493 e. The molecule has 0 unspecified atom stereocenters. The maximum Gasteiger partial charge on any atom is 0.337 e. The van der Waals surface area contributed by atoms with Gasteiger partial charge in [0, 0.05) is 6.54 Å². The minimum absolute atomic E-state index is 0.154. The monoisotopic (exact) mass is 329 g/mol. The third kappa shape index (κ3) is 4.49. The lowest BCUT2D eigenvalue weighted by molar-refractivity contribution is 0.0600. The van der Waals surface area contributed by atoms with E-state index in [9.17, 15) is 4.79 Å². The molecule has 128 valence electrons. The number of hydrogen-bond acceptors (Lipinski definition) is 5. The smallest absolute Gasteiger partial charge is 0.337 e. The summed E-state index contributed by atoms with van der Waals surface area (Å²) in [4.78, 5) is 13.7.